The number of carbonyl (C=O) groups excluding carboxylic acids is 1. The maximum absolute atomic E-state index is 11.8. The van der Waals surface area contributed by atoms with Gasteiger partial charge in [0.25, 0.3) is 0 Å². The molecule has 0 spiro atoms. The average molecular weight is 284 g/mol. The first-order valence-electron chi connectivity index (χ1n) is 7.54. The summed E-state index contributed by atoms with van der Waals surface area (Å²) in [6.45, 7) is 7.29. The summed E-state index contributed by atoms with van der Waals surface area (Å²) in [6, 6.07) is 14.8. The van der Waals surface area contributed by atoms with Crippen LogP contribution >= 0.6 is 0 Å². The molecular formula is C18H24N2O. The van der Waals surface area contributed by atoms with E-state index in [4.69, 9.17) is 0 Å². The zero-order chi connectivity index (χ0) is 15.2. The Morgan fingerprint density at radius 2 is 1.76 bits per heavy atom. The summed E-state index contributed by atoms with van der Waals surface area (Å²) >= 11 is 0. The molecule has 0 heterocycles. The van der Waals surface area contributed by atoms with Gasteiger partial charge in [-0.25, -0.2) is 0 Å². The number of hydrogen-bond donors (Lipinski definition) is 2. The molecule has 0 aliphatic carbocycles. The van der Waals surface area contributed by atoms with Crippen molar-refractivity contribution in [2.75, 3.05) is 6.54 Å². The molecule has 0 aromatic heterocycles. The summed E-state index contributed by atoms with van der Waals surface area (Å²) in [7, 11) is 0. The van der Waals surface area contributed by atoms with Crippen molar-refractivity contribution in [3.63, 3.8) is 0 Å². The molecule has 3 nitrogen and oxygen atoms in total. The molecule has 1 atom stereocenters. The Balaban J connectivity index is 1.89. The van der Waals surface area contributed by atoms with Gasteiger partial charge in [-0.1, -0.05) is 56.3 Å². The minimum atomic E-state index is 0.0523. The summed E-state index contributed by atoms with van der Waals surface area (Å²) in [5, 5.41) is 8.70. The lowest BCUT2D eigenvalue weighted by atomic mass is 10.0. The highest BCUT2D eigenvalue weighted by Crippen LogP contribution is 2.18. The van der Waals surface area contributed by atoms with Crippen LogP contribution in [0.4, 0.5) is 0 Å². The third kappa shape index (κ3) is 4.30. The van der Waals surface area contributed by atoms with E-state index in [0.29, 0.717) is 19.0 Å². The number of carbonyl (C=O) groups is 1. The van der Waals surface area contributed by atoms with Crippen molar-refractivity contribution in [1.29, 1.82) is 0 Å². The molecule has 0 radical (unpaired) electrons. The fraction of sp³-hybridized carbons (Fsp3) is 0.389. The predicted octanol–water partition coefficient (Wildman–Crippen LogP) is 3.09. The normalized spacial score (nSPS) is 12.6. The van der Waals surface area contributed by atoms with Gasteiger partial charge in [-0.3, -0.25) is 4.79 Å². The van der Waals surface area contributed by atoms with Gasteiger partial charge in [-0.15, -0.1) is 0 Å². The summed E-state index contributed by atoms with van der Waals surface area (Å²) < 4.78 is 0. The molecular weight excluding hydrogens is 260 g/mol. The van der Waals surface area contributed by atoms with Gasteiger partial charge in [0.05, 0.1) is 6.54 Å². The molecule has 2 rings (SSSR count). The first-order valence-corrected chi connectivity index (χ1v) is 7.54. The molecule has 2 aromatic rings. The SMILES string of the molecule is CC(C)C(C)NC(=O)CNCc1cccc2ccccc12. The van der Waals surface area contributed by atoms with Crippen molar-refractivity contribution < 1.29 is 4.79 Å². The molecule has 2 aromatic carbocycles. The number of nitrogens with one attached hydrogen (secondary N) is 2. The van der Waals surface area contributed by atoms with Crippen molar-refractivity contribution in [3.8, 4) is 0 Å². The number of hydrogen-bond acceptors (Lipinski definition) is 2. The highest BCUT2D eigenvalue weighted by Gasteiger charge is 2.10. The Bertz CT molecular complexity index is 602. The zero-order valence-electron chi connectivity index (χ0n) is 13.0. The predicted molar refractivity (Wildman–Crippen MR) is 88.1 cm³/mol. The van der Waals surface area contributed by atoms with Gasteiger partial charge in [0, 0.05) is 12.6 Å². The fourth-order valence-electron chi connectivity index (χ4n) is 2.23. The van der Waals surface area contributed by atoms with Gasteiger partial charge in [0.15, 0.2) is 0 Å². The van der Waals surface area contributed by atoms with E-state index in [2.05, 4.69) is 54.8 Å². The smallest absolute Gasteiger partial charge is 0.234 e. The van der Waals surface area contributed by atoms with Gasteiger partial charge >= 0.3 is 0 Å². The first-order chi connectivity index (χ1) is 10.1. The number of benzene rings is 2. The molecule has 0 aliphatic rings. The van der Waals surface area contributed by atoms with E-state index in [1.54, 1.807) is 0 Å². The number of fused-ring (bicyclic) bond motifs is 1. The molecule has 0 bridgehead atoms. The fourth-order valence-corrected chi connectivity index (χ4v) is 2.23. The largest absolute Gasteiger partial charge is 0.352 e. The molecule has 1 amide bonds. The standard InChI is InChI=1S/C18H24N2O/c1-13(2)14(3)20-18(21)12-19-11-16-9-6-8-15-7-4-5-10-17(15)16/h4-10,13-14,19H,11-12H2,1-3H3,(H,20,21). The van der Waals surface area contributed by atoms with E-state index in [1.807, 2.05) is 19.1 Å². The van der Waals surface area contributed by atoms with E-state index in [1.165, 1.54) is 16.3 Å². The van der Waals surface area contributed by atoms with Crippen molar-refractivity contribution in [3.05, 3.63) is 48.0 Å². The second kappa shape index (κ2) is 7.23. The molecule has 0 saturated heterocycles. The maximum Gasteiger partial charge on any atom is 0.234 e. The van der Waals surface area contributed by atoms with Gasteiger partial charge in [-0.2, -0.15) is 0 Å². The number of rotatable bonds is 6. The molecule has 2 N–H and O–H groups in total. The van der Waals surface area contributed by atoms with Gasteiger partial charge < -0.3 is 10.6 Å². The first kappa shape index (κ1) is 15.5. The Hall–Kier alpha value is -1.87. The van der Waals surface area contributed by atoms with Crippen molar-refractivity contribution >= 4 is 16.7 Å². The molecule has 0 fully saturated rings. The van der Waals surface area contributed by atoms with Crippen molar-refractivity contribution in [2.45, 2.75) is 33.4 Å². The van der Waals surface area contributed by atoms with E-state index < -0.39 is 0 Å². The molecule has 21 heavy (non-hydrogen) atoms. The minimum absolute atomic E-state index is 0.0523. The zero-order valence-corrected chi connectivity index (χ0v) is 13.0. The highest BCUT2D eigenvalue weighted by molar-refractivity contribution is 5.85. The third-order valence-electron chi connectivity index (χ3n) is 3.87. The van der Waals surface area contributed by atoms with Crippen molar-refractivity contribution in [1.82, 2.24) is 10.6 Å². The second-order valence-electron chi connectivity index (χ2n) is 5.84. The van der Waals surface area contributed by atoms with Crippen LogP contribution in [0, 0.1) is 5.92 Å². The lowest BCUT2D eigenvalue weighted by molar-refractivity contribution is -0.121. The second-order valence-corrected chi connectivity index (χ2v) is 5.84. The average Bonchev–Trinajstić information content (AvgIpc) is 2.47. The minimum Gasteiger partial charge on any atom is -0.352 e. The van der Waals surface area contributed by atoms with Crippen LogP contribution in [0.2, 0.25) is 0 Å². The lowest BCUT2D eigenvalue weighted by Gasteiger charge is -2.17. The topological polar surface area (TPSA) is 41.1 Å². The molecule has 0 saturated carbocycles. The van der Waals surface area contributed by atoms with Crippen LogP contribution in [0.1, 0.15) is 26.3 Å². The van der Waals surface area contributed by atoms with Crippen LogP contribution in [0.3, 0.4) is 0 Å². The van der Waals surface area contributed by atoms with E-state index in [9.17, 15) is 4.79 Å². The van der Waals surface area contributed by atoms with E-state index in [0.717, 1.165) is 0 Å². The monoisotopic (exact) mass is 284 g/mol. The van der Waals surface area contributed by atoms with Crippen LogP contribution in [0.15, 0.2) is 42.5 Å². The lowest BCUT2D eigenvalue weighted by Crippen LogP contribution is -2.41. The quantitative estimate of drug-likeness (QED) is 0.856. The third-order valence-corrected chi connectivity index (χ3v) is 3.87. The van der Waals surface area contributed by atoms with Gasteiger partial charge in [0.1, 0.15) is 0 Å². The van der Waals surface area contributed by atoms with Crippen LogP contribution in [-0.4, -0.2) is 18.5 Å². The summed E-state index contributed by atoms with van der Waals surface area (Å²) in [6.07, 6.45) is 0. The maximum atomic E-state index is 11.8. The van der Waals surface area contributed by atoms with E-state index >= 15 is 0 Å². The van der Waals surface area contributed by atoms with E-state index in [-0.39, 0.29) is 11.9 Å². The summed E-state index contributed by atoms with van der Waals surface area (Å²) in [5.41, 5.74) is 1.22. The van der Waals surface area contributed by atoms with Gasteiger partial charge in [0.2, 0.25) is 5.91 Å². The Morgan fingerprint density at radius 1 is 1.05 bits per heavy atom. The van der Waals surface area contributed by atoms with Crippen LogP contribution in [0.5, 0.6) is 0 Å². The molecule has 112 valence electrons. The highest BCUT2D eigenvalue weighted by atomic mass is 16.1. The van der Waals surface area contributed by atoms with Crippen LogP contribution < -0.4 is 10.6 Å². The summed E-state index contributed by atoms with van der Waals surface area (Å²) in [5.74, 6) is 0.503. The number of amides is 1. The Morgan fingerprint density at radius 3 is 2.52 bits per heavy atom. The molecule has 3 heteroatoms. The van der Waals surface area contributed by atoms with Gasteiger partial charge in [-0.05, 0) is 29.2 Å². The Labute approximate surface area is 126 Å². The Kier molecular flexibility index (Phi) is 5.34. The van der Waals surface area contributed by atoms with Crippen LogP contribution in [0.25, 0.3) is 10.8 Å². The van der Waals surface area contributed by atoms with Crippen molar-refractivity contribution in [2.24, 2.45) is 5.92 Å². The summed E-state index contributed by atoms with van der Waals surface area (Å²) in [4.78, 5) is 11.8. The molecule has 1 unspecified atom stereocenters. The molecule has 0 aliphatic heterocycles. The van der Waals surface area contributed by atoms with Crippen LogP contribution in [-0.2, 0) is 11.3 Å².